The zero-order chi connectivity index (χ0) is 13.7. The van der Waals surface area contributed by atoms with Crippen molar-refractivity contribution in [2.24, 2.45) is 0 Å². The van der Waals surface area contributed by atoms with Crippen LogP contribution < -0.4 is 10.1 Å². The number of benzene rings is 1. The average Bonchev–Trinajstić information content (AvgIpc) is 2.91. The number of carbonyl (C=O) groups is 1. The van der Waals surface area contributed by atoms with E-state index in [1.807, 2.05) is 11.4 Å². The highest BCUT2D eigenvalue weighted by atomic mass is 79.9. The lowest BCUT2D eigenvalue weighted by molar-refractivity contribution is 0.0951. The highest BCUT2D eigenvalue weighted by Crippen LogP contribution is 2.23. The second kappa shape index (κ2) is 6.68. The number of carbonyl (C=O) groups excluding carboxylic acids is 1. The molecule has 0 spiro atoms. The monoisotopic (exact) mass is 340 g/mol. The minimum atomic E-state index is -0.138. The predicted molar refractivity (Wildman–Crippen MR) is 78.8 cm³/mol. The third-order valence-corrected chi connectivity index (χ3v) is 3.85. The number of ether oxygens (including phenoxy) is 1. The van der Waals surface area contributed by atoms with Gasteiger partial charge in [-0.25, -0.2) is 4.98 Å². The summed E-state index contributed by atoms with van der Waals surface area (Å²) >= 11 is 4.93. The van der Waals surface area contributed by atoms with Gasteiger partial charge in [-0.3, -0.25) is 4.79 Å². The summed E-state index contributed by atoms with van der Waals surface area (Å²) in [5, 5.41) is 5.81. The van der Waals surface area contributed by atoms with Crippen molar-refractivity contribution in [3.05, 3.63) is 44.8 Å². The number of nitrogens with one attached hydrogen (secondary N) is 1. The van der Waals surface area contributed by atoms with E-state index in [1.165, 1.54) is 0 Å². The minimum absolute atomic E-state index is 0.138. The molecule has 0 aliphatic heterocycles. The smallest absolute Gasteiger partial charge is 0.255 e. The molecular formula is C13H13BrN2O2S. The van der Waals surface area contributed by atoms with Crippen LogP contribution in [0.3, 0.4) is 0 Å². The van der Waals surface area contributed by atoms with Gasteiger partial charge in [-0.1, -0.05) is 15.9 Å². The number of amides is 1. The Hall–Kier alpha value is -1.40. The molecule has 0 fully saturated rings. The maximum atomic E-state index is 12.0. The quantitative estimate of drug-likeness (QED) is 0.910. The first-order valence-electron chi connectivity index (χ1n) is 5.71. The molecule has 0 atom stereocenters. The van der Waals surface area contributed by atoms with Crippen molar-refractivity contribution in [1.82, 2.24) is 10.3 Å². The van der Waals surface area contributed by atoms with Crippen LogP contribution in [0.1, 0.15) is 15.4 Å². The third-order valence-electron chi connectivity index (χ3n) is 2.52. The van der Waals surface area contributed by atoms with Crippen molar-refractivity contribution >= 4 is 33.2 Å². The maximum Gasteiger partial charge on any atom is 0.255 e. The van der Waals surface area contributed by atoms with Gasteiger partial charge in [-0.2, -0.15) is 0 Å². The van der Waals surface area contributed by atoms with Gasteiger partial charge < -0.3 is 10.1 Å². The van der Waals surface area contributed by atoms with E-state index in [1.54, 1.807) is 36.8 Å². The molecular weight excluding hydrogens is 328 g/mol. The molecule has 6 heteroatoms. The van der Waals surface area contributed by atoms with Gasteiger partial charge in [-0.05, 0) is 18.2 Å². The van der Waals surface area contributed by atoms with Gasteiger partial charge >= 0.3 is 0 Å². The molecule has 2 aromatic rings. The molecule has 0 bridgehead atoms. The van der Waals surface area contributed by atoms with E-state index < -0.39 is 0 Å². The summed E-state index contributed by atoms with van der Waals surface area (Å²) in [5.74, 6) is 0.419. The Morgan fingerprint density at radius 2 is 2.37 bits per heavy atom. The van der Waals surface area contributed by atoms with Crippen molar-refractivity contribution in [2.75, 3.05) is 13.7 Å². The molecule has 19 heavy (non-hydrogen) atoms. The molecule has 1 amide bonds. The highest BCUT2D eigenvalue weighted by Gasteiger charge is 2.12. The van der Waals surface area contributed by atoms with Crippen LogP contribution in [0.2, 0.25) is 0 Å². The van der Waals surface area contributed by atoms with Gasteiger partial charge in [0.25, 0.3) is 5.91 Å². The van der Waals surface area contributed by atoms with E-state index in [2.05, 4.69) is 26.2 Å². The molecule has 2 rings (SSSR count). The molecule has 0 aliphatic carbocycles. The number of hydrogen-bond donors (Lipinski definition) is 1. The minimum Gasteiger partial charge on any atom is -0.496 e. The first-order valence-corrected chi connectivity index (χ1v) is 7.38. The summed E-state index contributed by atoms with van der Waals surface area (Å²) in [4.78, 5) is 16.2. The van der Waals surface area contributed by atoms with Gasteiger partial charge in [-0.15, -0.1) is 11.3 Å². The van der Waals surface area contributed by atoms with Crippen molar-refractivity contribution in [1.29, 1.82) is 0 Å². The lowest BCUT2D eigenvalue weighted by atomic mass is 10.2. The summed E-state index contributed by atoms with van der Waals surface area (Å²) in [6.07, 6.45) is 2.50. The van der Waals surface area contributed by atoms with Gasteiger partial charge in [0, 0.05) is 29.0 Å². The molecule has 0 aliphatic rings. The van der Waals surface area contributed by atoms with Gasteiger partial charge in [0.05, 0.1) is 17.7 Å². The predicted octanol–water partition coefficient (Wildman–Crippen LogP) is 2.89. The molecule has 1 aromatic carbocycles. The number of rotatable bonds is 5. The van der Waals surface area contributed by atoms with Gasteiger partial charge in [0.2, 0.25) is 0 Å². The fourth-order valence-electron chi connectivity index (χ4n) is 1.61. The lowest BCUT2D eigenvalue weighted by Gasteiger charge is -2.09. The number of thiazole rings is 1. The Morgan fingerprint density at radius 1 is 1.53 bits per heavy atom. The third kappa shape index (κ3) is 3.78. The second-order valence-corrected chi connectivity index (χ2v) is 5.67. The van der Waals surface area contributed by atoms with Crippen LogP contribution in [0.5, 0.6) is 5.75 Å². The summed E-state index contributed by atoms with van der Waals surface area (Å²) in [7, 11) is 1.55. The van der Waals surface area contributed by atoms with E-state index in [4.69, 9.17) is 4.74 Å². The van der Waals surface area contributed by atoms with Crippen LogP contribution >= 0.6 is 27.3 Å². The van der Waals surface area contributed by atoms with Crippen LogP contribution in [-0.2, 0) is 6.42 Å². The van der Waals surface area contributed by atoms with Crippen LogP contribution in [0.25, 0.3) is 0 Å². The molecule has 0 radical (unpaired) electrons. The Bertz CT molecular complexity index is 558. The number of nitrogens with zero attached hydrogens (tertiary/aromatic N) is 1. The van der Waals surface area contributed by atoms with Gasteiger partial charge in [0.1, 0.15) is 5.75 Å². The van der Waals surface area contributed by atoms with Gasteiger partial charge in [0.15, 0.2) is 0 Å². The normalized spacial score (nSPS) is 10.2. The summed E-state index contributed by atoms with van der Waals surface area (Å²) in [6.45, 7) is 0.561. The standard InChI is InChI=1S/C13H13BrN2O2S/c1-18-11-8-9(14)2-3-10(11)13(17)16-5-4-12-15-6-7-19-12/h2-3,6-8H,4-5H2,1H3,(H,16,17). The summed E-state index contributed by atoms with van der Waals surface area (Å²) in [5.41, 5.74) is 0.532. The van der Waals surface area contributed by atoms with E-state index >= 15 is 0 Å². The fourth-order valence-corrected chi connectivity index (χ4v) is 2.57. The Morgan fingerprint density at radius 3 is 3.05 bits per heavy atom. The zero-order valence-corrected chi connectivity index (χ0v) is 12.8. The fraction of sp³-hybridized carbons (Fsp3) is 0.231. The van der Waals surface area contributed by atoms with Crippen molar-refractivity contribution in [3.8, 4) is 5.75 Å². The molecule has 1 N–H and O–H groups in total. The zero-order valence-electron chi connectivity index (χ0n) is 10.4. The van der Waals surface area contributed by atoms with Crippen molar-refractivity contribution < 1.29 is 9.53 Å². The molecule has 0 saturated heterocycles. The maximum absolute atomic E-state index is 12.0. The summed E-state index contributed by atoms with van der Waals surface area (Å²) < 4.78 is 6.08. The molecule has 4 nitrogen and oxygen atoms in total. The average molecular weight is 341 g/mol. The Labute approximate surface area is 124 Å². The van der Waals surface area contributed by atoms with E-state index in [-0.39, 0.29) is 5.91 Å². The lowest BCUT2D eigenvalue weighted by Crippen LogP contribution is -2.26. The van der Waals surface area contributed by atoms with Crippen molar-refractivity contribution in [2.45, 2.75) is 6.42 Å². The first-order chi connectivity index (χ1) is 9.20. The van der Waals surface area contributed by atoms with E-state index in [9.17, 15) is 4.79 Å². The number of methoxy groups -OCH3 is 1. The molecule has 1 heterocycles. The molecule has 100 valence electrons. The second-order valence-electron chi connectivity index (χ2n) is 3.78. The Kier molecular flexibility index (Phi) is 4.93. The number of aromatic nitrogens is 1. The highest BCUT2D eigenvalue weighted by molar-refractivity contribution is 9.10. The van der Waals surface area contributed by atoms with Crippen LogP contribution in [0.15, 0.2) is 34.2 Å². The number of halogens is 1. The molecule has 1 aromatic heterocycles. The Balaban J connectivity index is 1.96. The van der Waals surface area contributed by atoms with Crippen LogP contribution in [-0.4, -0.2) is 24.5 Å². The first kappa shape index (κ1) is 14.0. The van der Waals surface area contributed by atoms with E-state index in [0.29, 0.717) is 17.9 Å². The van der Waals surface area contributed by atoms with Crippen molar-refractivity contribution in [3.63, 3.8) is 0 Å². The topological polar surface area (TPSA) is 51.2 Å². The summed E-state index contributed by atoms with van der Waals surface area (Å²) in [6, 6.07) is 5.33. The SMILES string of the molecule is COc1cc(Br)ccc1C(=O)NCCc1nccs1. The molecule has 0 unspecified atom stereocenters. The van der Waals surface area contributed by atoms with Crippen LogP contribution in [0, 0.1) is 0 Å². The molecule has 0 saturated carbocycles. The number of hydrogen-bond acceptors (Lipinski definition) is 4. The largest absolute Gasteiger partial charge is 0.496 e. The van der Waals surface area contributed by atoms with Crippen LogP contribution in [0.4, 0.5) is 0 Å². The van der Waals surface area contributed by atoms with E-state index in [0.717, 1.165) is 15.9 Å².